The van der Waals surface area contributed by atoms with Crippen molar-refractivity contribution in [2.75, 3.05) is 6.54 Å². The molecule has 1 saturated carbocycles. The van der Waals surface area contributed by atoms with Gasteiger partial charge in [-0.1, -0.05) is 30.3 Å². The van der Waals surface area contributed by atoms with Crippen LogP contribution >= 0.6 is 0 Å². The number of rotatable bonds is 6. The Bertz CT molecular complexity index is 1620. The molecule has 3 aromatic rings. The van der Waals surface area contributed by atoms with E-state index >= 15 is 0 Å². The first-order chi connectivity index (χ1) is 20.1. The average Bonchev–Trinajstić information content (AvgIpc) is 3.40. The molecular weight excluding hydrogens is 560 g/mol. The zero-order valence-electron chi connectivity index (χ0n) is 23.1. The molecule has 0 spiro atoms. The van der Waals surface area contributed by atoms with Crippen LogP contribution in [0.15, 0.2) is 71.6 Å². The monoisotopic (exact) mass is 593 g/mol. The summed E-state index contributed by atoms with van der Waals surface area (Å²) < 4.78 is 55.0. The molecule has 220 valence electrons. The van der Waals surface area contributed by atoms with E-state index in [0.717, 1.165) is 28.8 Å². The molecule has 42 heavy (non-hydrogen) atoms. The standard InChI is InChI=1S/C33H33F2NO5S/c34-26-9-1-21(2-10-26)19-22-3-15-29-25(20-22)8-16-30-33(29,42(40,41)28-13-11-27(35)12-14-28)17-18-36(30)31(37)23-4-6-24(7-5-23)32(38)39/h1-3,9-15,20,23-24,30H,4-8,16-19H2,(H,38,39)/t23-,24-,30-,33-/m1/s1. The van der Waals surface area contributed by atoms with Crippen LogP contribution in [0.5, 0.6) is 0 Å². The number of sulfone groups is 1. The first-order valence-electron chi connectivity index (χ1n) is 14.5. The van der Waals surface area contributed by atoms with E-state index in [-0.39, 0.29) is 35.5 Å². The number of hydrogen-bond donors (Lipinski definition) is 1. The third-order valence-corrected chi connectivity index (χ3v) is 12.1. The molecule has 3 aliphatic rings. The highest BCUT2D eigenvalue weighted by Gasteiger charge is 2.61. The molecule has 1 aliphatic heterocycles. The number of likely N-dealkylation sites (tertiary alicyclic amines) is 1. The second kappa shape index (κ2) is 10.9. The molecule has 1 N–H and O–H groups in total. The Morgan fingerprint density at radius 1 is 0.833 bits per heavy atom. The summed E-state index contributed by atoms with van der Waals surface area (Å²) in [5.74, 6) is -2.55. The van der Waals surface area contributed by atoms with E-state index in [4.69, 9.17) is 0 Å². The van der Waals surface area contributed by atoms with Crippen molar-refractivity contribution in [3.8, 4) is 0 Å². The molecule has 0 bridgehead atoms. The zero-order valence-corrected chi connectivity index (χ0v) is 24.0. The Kier molecular flexibility index (Phi) is 7.41. The normalized spacial score (nSPS) is 25.5. The second-order valence-electron chi connectivity index (χ2n) is 11.9. The lowest BCUT2D eigenvalue weighted by atomic mass is 9.77. The van der Waals surface area contributed by atoms with Crippen LogP contribution in [0.1, 0.15) is 60.8 Å². The molecule has 2 aliphatic carbocycles. The van der Waals surface area contributed by atoms with Gasteiger partial charge in [-0.05, 0) is 110 Å². The van der Waals surface area contributed by atoms with Crippen LogP contribution in [0, 0.1) is 23.5 Å². The minimum absolute atomic E-state index is 0.0217. The number of amides is 1. The summed E-state index contributed by atoms with van der Waals surface area (Å²) in [6, 6.07) is 16.4. The number of fused-ring (bicyclic) bond motifs is 3. The number of benzene rings is 3. The van der Waals surface area contributed by atoms with Gasteiger partial charge in [0.15, 0.2) is 9.84 Å². The van der Waals surface area contributed by atoms with Crippen molar-refractivity contribution < 1.29 is 31.9 Å². The second-order valence-corrected chi connectivity index (χ2v) is 14.1. The number of nitrogens with zero attached hydrogens (tertiary/aromatic N) is 1. The lowest BCUT2D eigenvalue weighted by molar-refractivity contribution is -0.146. The fourth-order valence-corrected chi connectivity index (χ4v) is 9.81. The fourth-order valence-electron chi connectivity index (χ4n) is 7.44. The van der Waals surface area contributed by atoms with E-state index in [2.05, 4.69) is 0 Å². The van der Waals surface area contributed by atoms with Crippen molar-refractivity contribution in [2.24, 2.45) is 11.8 Å². The number of hydrogen-bond acceptors (Lipinski definition) is 4. The molecule has 1 amide bonds. The largest absolute Gasteiger partial charge is 0.481 e. The summed E-state index contributed by atoms with van der Waals surface area (Å²) in [4.78, 5) is 27.1. The van der Waals surface area contributed by atoms with Gasteiger partial charge in [0.2, 0.25) is 5.91 Å². The van der Waals surface area contributed by atoms with Gasteiger partial charge in [0, 0.05) is 12.5 Å². The molecule has 6 rings (SSSR count). The Morgan fingerprint density at radius 3 is 2.07 bits per heavy atom. The third-order valence-electron chi connectivity index (χ3n) is 9.58. The quantitative estimate of drug-likeness (QED) is 0.373. The molecule has 0 unspecified atom stereocenters. The number of halogens is 2. The van der Waals surface area contributed by atoms with Crippen molar-refractivity contribution in [3.63, 3.8) is 0 Å². The van der Waals surface area contributed by atoms with Crippen molar-refractivity contribution in [1.29, 1.82) is 0 Å². The number of carbonyl (C=O) groups is 2. The van der Waals surface area contributed by atoms with Crippen molar-refractivity contribution in [3.05, 3.63) is 101 Å². The van der Waals surface area contributed by atoms with Crippen LogP contribution in [0.4, 0.5) is 8.78 Å². The van der Waals surface area contributed by atoms with Crippen LogP contribution in [0.2, 0.25) is 0 Å². The van der Waals surface area contributed by atoms with Gasteiger partial charge in [0.1, 0.15) is 16.4 Å². The minimum Gasteiger partial charge on any atom is -0.481 e. The highest BCUT2D eigenvalue weighted by molar-refractivity contribution is 7.92. The maximum absolute atomic E-state index is 14.6. The summed E-state index contributed by atoms with van der Waals surface area (Å²) >= 11 is 0. The molecule has 1 heterocycles. The molecule has 6 nitrogen and oxygen atoms in total. The van der Waals surface area contributed by atoms with Gasteiger partial charge in [-0.2, -0.15) is 0 Å². The summed E-state index contributed by atoms with van der Waals surface area (Å²) in [5, 5.41) is 9.38. The topological polar surface area (TPSA) is 91.8 Å². The van der Waals surface area contributed by atoms with E-state index in [1.165, 1.54) is 24.3 Å². The SMILES string of the molecule is O=C(O)[C@H]1CC[C@H](C(=O)N2CC[C@@]3(S(=O)(=O)c4ccc(F)cc4)c4ccc(Cc5ccc(F)cc5)cc4CC[C@@H]23)CC1. The van der Waals surface area contributed by atoms with Crippen LogP contribution in [0.3, 0.4) is 0 Å². The van der Waals surface area contributed by atoms with Gasteiger partial charge in [-0.25, -0.2) is 17.2 Å². The molecule has 1 saturated heterocycles. The van der Waals surface area contributed by atoms with E-state index < -0.39 is 38.3 Å². The van der Waals surface area contributed by atoms with Gasteiger partial charge in [0.25, 0.3) is 0 Å². The van der Waals surface area contributed by atoms with E-state index in [0.29, 0.717) is 50.5 Å². The Balaban J connectivity index is 1.38. The molecule has 0 radical (unpaired) electrons. The van der Waals surface area contributed by atoms with Crippen LogP contribution in [-0.2, 0) is 37.0 Å². The number of carboxylic acids is 1. The Morgan fingerprint density at radius 2 is 1.43 bits per heavy atom. The maximum atomic E-state index is 14.6. The van der Waals surface area contributed by atoms with Crippen LogP contribution < -0.4 is 0 Å². The van der Waals surface area contributed by atoms with Crippen molar-refractivity contribution in [1.82, 2.24) is 4.90 Å². The molecule has 0 aromatic heterocycles. The first-order valence-corrected chi connectivity index (χ1v) is 16.0. The predicted octanol–water partition coefficient (Wildman–Crippen LogP) is 5.66. The fraction of sp³-hybridized carbons (Fsp3) is 0.394. The van der Waals surface area contributed by atoms with Crippen LogP contribution in [0.25, 0.3) is 0 Å². The molecule has 2 fully saturated rings. The van der Waals surface area contributed by atoms with Crippen molar-refractivity contribution >= 4 is 21.7 Å². The lowest BCUT2D eigenvalue weighted by Crippen LogP contribution is -2.53. The smallest absolute Gasteiger partial charge is 0.306 e. The summed E-state index contributed by atoms with van der Waals surface area (Å²) in [7, 11) is -4.06. The van der Waals surface area contributed by atoms with Gasteiger partial charge in [-0.15, -0.1) is 0 Å². The third kappa shape index (κ3) is 4.81. The number of carbonyl (C=O) groups excluding carboxylic acids is 1. The molecule has 9 heteroatoms. The highest BCUT2D eigenvalue weighted by Crippen LogP contribution is 2.53. The summed E-state index contributed by atoms with van der Waals surface area (Å²) in [5.41, 5.74) is 3.51. The summed E-state index contributed by atoms with van der Waals surface area (Å²) in [6.07, 6.45) is 3.65. The van der Waals surface area contributed by atoms with Gasteiger partial charge in [0.05, 0.1) is 16.9 Å². The Labute approximate surface area is 244 Å². The molecule has 2 atom stereocenters. The van der Waals surface area contributed by atoms with E-state index in [9.17, 15) is 31.9 Å². The zero-order chi connectivity index (χ0) is 29.6. The number of carboxylic acid groups (broad SMARTS) is 1. The van der Waals surface area contributed by atoms with Gasteiger partial charge in [-0.3, -0.25) is 9.59 Å². The average molecular weight is 594 g/mol. The van der Waals surface area contributed by atoms with Gasteiger partial charge >= 0.3 is 5.97 Å². The number of aliphatic carboxylic acids is 1. The van der Waals surface area contributed by atoms with Gasteiger partial charge < -0.3 is 10.0 Å². The maximum Gasteiger partial charge on any atom is 0.306 e. The van der Waals surface area contributed by atoms with Crippen molar-refractivity contribution in [2.45, 2.75) is 67.1 Å². The summed E-state index contributed by atoms with van der Waals surface area (Å²) in [6.45, 7) is 0.277. The van der Waals surface area contributed by atoms with E-state index in [1.807, 2.05) is 18.2 Å². The lowest BCUT2D eigenvalue weighted by Gasteiger charge is -2.43. The predicted molar refractivity (Wildman–Crippen MR) is 152 cm³/mol. The van der Waals surface area contributed by atoms with Crippen LogP contribution in [-0.4, -0.2) is 42.9 Å². The molecule has 3 aromatic carbocycles. The van der Waals surface area contributed by atoms with E-state index in [1.54, 1.807) is 17.0 Å². The minimum atomic E-state index is -4.06. The Hall–Kier alpha value is -3.59. The number of aryl methyl sites for hydroxylation is 1. The highest BCUT2D eigenvalue weighted by atomic mass is 32.2. The first kappa shape index (κ1) is 28.5. The molecular formula is C33H33F2NO5S.